The molecule has 0 saturated carbocycles. The van der Waals surface area contributed by atoms with Crippen LogP contribution in [0.15, 0.2) is 48.8 Å². The molecule has 5 nitrogen and oxygen atoms in total. The fourth-order valence-corrected chi connectivity index (χ4v) is 3.19. The van der Waals surface area contributed by atoms with Gasteiger partial charge in [0.15, 0.2) is 5.60 Å². The number of carbonyl (C=O) groups is 1. The number of ether oxygens (including phenoxy) is 1. The Balaban J connectivity index is 1.94. The normalized spacial score (nSPS) is 20.4. The summed E-state index contributed by atoms with van der Waals surface area (Å²) in [6.07, 6.45) is 4.09. The average molecular weight is 339 g/mol. The number of rotatable bonds is 5. The Kier molecular flexibility index (Phi) is 5.46. The Hall–Kier alpha value is -2.24. The molecule has 0 radical (unpaired) electrons. The van der Waals surface area contributed by atoms with Gasteiger partial charge in [-0.25, -0.2) is 0 Å². The Morgan fingerprint density at radius 2 is 2.04 bits per heavy atom. The molecular formula is C20H25N3O2. The summed E-state index contributed by atoms with van der Waals surface area (Å²) in [5, 5.41) is 6.33. The summed E-state index contributed by atoms with van der Waals surface area (Å²) >= 11 is 0. The zero-order valence-corrected chi connectivity index (χ0v) is 14.8. The van der Waals surface area contributed by atoms with Crippen LogP contribution in [0.2, 0.25) is 0 Å². The molecule has 1 aliphatic rings. The highest BCUT2D eigenvalue weighted by Crippen LogP contribution is 2.28. The number of aromatic nitrogens is 1. The summed E-state index contributed by atoms with van der Waals surface area (Å²) in [5.41, 5.74) is 2.41. The minimum absolute atomic E-state index is 0.0563. The Labute approximate surface area is 148 Å². The first-order valence-corrected chi connectivity index (χ1v) is 8.75. The van der Waals surface area contributed by atoms with Gasteiger partial charge in [-0.15, -0.1) is 0 Å². The number of morpholine rings is 1. The second-order valence-electron chi connectivity index (χ2n) is 6.72. The fraction of sp³-hybridized carbons (Fsp3) is 0.400. The lowest BCUT2D eigenvalue weighted by molar-refractivity contribution is -0.151. The molecule has 1 amide bonds. The van der Waals surface area contributed by atoms with E-state index in [2.05, 4.69) is 27.8 Å². The topological polar surface area (TPSA) is 63.2 Å². The van der Waals surface area contributed by atoms with E-state index in [0.29, 0.717) is 19.6 Å². The van der Waals surface area contributed by atoms with E-state index in [-0.39, 0.29) is 11.9 Å². The Bertz CT molecular complexity index is 710. The lowest BCUT2D eigenvalue weighted by atomic mass is 9.87. The van der Waals surface area contributed by atoms with E-state index in [1.165, 1.54) is 0 Å². The van der Waals surface area contributed by atoms with Crippen molar-refractivity contribution in [3.05, 3.63) is 54.4 Å². The number of hydrogen-bond donors (Lipinski definition) is 2. The SMILES string of the molecule is CC(C)NC(=O)C1(Cc2ccccc2-c2ccncc2)CNCCO1. The van der Waals surface area contributed by atoms with Crippen LogP contribution in [-0.2, 0) is 16.0 Å². The van der Waals surface area contributed by atoms with Crippen molar-refractivity contribution >= 4 is 5.91 Å². The number of nitrogens with one attached hydrogen (secondary N) is 2. The van der Waals surface area contributed by atoms with Crippen LogP contribution in [-0.4, -0.2) is 42.2 Å². The molecule has 0 bridgehead atoms. The summed E-state index contributed by atoms with van der Waals surface area (Å²) in [5.74, 6) is -0.0563. The molecule has 0 spiro atoms. The van der Waals surface area contributed by atoms with Gasteiger partial charge >= 0.3 is 0 Å². The van der Waals surface area contributed by atoms with E-state index in [9.17, 15) is 4.79 Å². The van der Waals surface area contributed by atoms with E-state index >= 15 is 0 Å². The minimum Gasteiger partial charge on any atom is -0.362 e. The molecule has 1 saturated heterocycles. The number of nitrogens with zero attached hydrogens (tertiary/aromatic N) is 1. The second kappa shape index (κ2) is 7.76. The number of carbonyl (C=O) groups excluding carboxylic acids is 1. The molecule has 3 rings (SSSR count). The summed E-state index contributed by atoms with van der Waals surface area (Å²) in [6, 6.07) is 12.2. The third kappa shape index (κ3) is 4.06. The monoisotopic (exact) mass is 339 g/mol. The van der Waals surface area contributed by atoms with Crippen molar-refractivity contribution in [2.45, 2.75) is 31.9 Å². The molecule has 1 atom stereocenters. The van der Waals surface area contributed by atoms with Gasteiger partial charge in [0.25, 0.3) is 5.91 Å². The molecule has 0 aliphatic carbocycles. The molecule has 1 aliphatic heterocycles. The quantitative estimate of drug-likeness (QED) is 0.876. The van der Waals surface area contributed by atoms with Gasteiger partial charge < -0.3 is 15.4 Å². The zero-order valence-electron chi connectivity index (χ0n) is 14.8. The van der Waals surface area contributed by atoms with Crippen LogP contribution in [0, 0.1) is 0 Å². The Morgan fingerprint density at radius 3 is 2.72 bits per heavy atom. The molecule has 2 aromatic rings. The minimum atomic E-state index is -0.883. The first kappa shape index (κ1) is 17.6. The predicted octanol–water partition coefficient (Wildman–Crippen LogP) is 2.17. The van der Waals surface area contributed by atoms with Crippen molar-refractivity contribution in [3.63, 3.8) is 0 Å². The number of pyridine rings is 1. The van der Waals surface area contributed by atoms with Crippen LogP contribution in [0.3, 0.4) is 0 Å². The molecule has 1 aromatic carbocycles. The van der Waals surface area contributed by atoms with Gasteiger partial charge in [-0.05, 0) is 42.7 Å². The highest BCUT2D eigenvalue weighted by molar-refractivity contribution is 5.86. The van der Waals surface area contributed by atoms with Gasteiger partial charge in [-0.2, -0.15) is 0 Å². The molecule has 1 unspecified atom stereocenters. The van der Waals surface area contributed by atoms with Crippen LogP contribution >= 0.6 is 0 Å². The van der Waals surface area contributed by atoms with Gasteiger partial charge in [-0.3, -0.25) is 9.78 Å². The first-order valence-electron chi connectivity index (χ1n) is 8.75. The molecule has 25 heavy (non-hydrogen) atoms. The van der Waals surface area contributed by atoms with Gasteiger partial charge in [0, 0.05) is 37.9 Å². The van der Waals surface area contributed by atoms with Crippen molar-refractivity contribution in [2.75, 3.05) is 19.7 Å². The van der Waals surface area contributed by atoms with Crippen LogP contribution in [0.1, 0.15) is 19.4 Å². The number of benzene rings is 1. The first-order chi connectivity index (χ1) is 12.1. The van der Waals surface area contributed by atoms with Gasteiger partial charge in [0.2, 0.25) is 0 Å². The van der Waals surface area contributed by atoms with E-state index < -0.39 is 5.60 Å². The lowest BCUT2D eigenvalue weighted by Crippen LogP contribution is -2.61. The molecule has 1 fully saturated rings. The summed E-state index contributed by atoms with van der Waals surface area (Å²) < 4.78 is 6.04. The van der Waals surface area contributed by atoms with Crippen LogP contribution < -0.4 is 10.6 Å². The smallest absolute Gasteiger partial charge is 0.254 e. The van der Waals surface area contributed by atoms with E-state index in [1.807, 2.05) is 38.1 Å². The molecule has 132 valence electrons. The van der Waals surface area contributed by atoms with E-state index in [0.717, 1.165) is 23.2 Å². The summed E-state index contributed by atoms with van der Waals surface area (Å²) in [6.45, 7) is 5.74. The third-order valence-corrected chi connectivity index (χ3v) is 4.39. The number of hydrogen-bond acceptors (Lipinski definition) is 4. The van der Waals surface area contributed by atoms with Crippen LogP contribution in [0.5, 0.6) is 0 Å². The highest BCUT2D eigenvalue weighted by Gasteiger charge is 2.42. The van der Waals surface area contributed by atoms with E-state index in [4.69, 9.17) is 4.74 Å². The van der Waals surface area contributed by atoms with Crippen molar-refractivity contribution in [1.82, 2.24) is 15.6 Å². The predicted molar refractivity (Wildman–Crippen MR) is 98.2 cm³/mol. The van der Waals surface area contributed by atoms with Gasteiger partial charge in [-0.1, -0.05) is 24.3 Å². The molecule has 2 N–H and O–H groups in total. The molecule has 2 heterocycles. The number of amides is 1. The van der Waals surface area contributed by atoms with Crippen molar-refractivity contribution in [3.8, 4) is 11.1 Å². The maximum atomic E-state index is 12.9. The standard InChI is InChI=1S/C20H25N3O2/c1-15(2)23-19(24)20(14-22-11-12-25-20)13-17-5-3-4-6-18(17)16-7-9-21-10-8-16/h3-10,15,22H,11-14H2,1-2H3,(H,23,24). The molecule has 5 heteroatoms. The fourth-order valence-electron chi connectivity index (χ4n) is 3.19. The van der Waals surface area contributed by atoms with Crippen molar-refractivity contribution in [2.24, 2.45) is 0 Å². The second-order valence-corrected chi connectivity index (χ2v) is 6.72. The largest absolute Gasteiger partial charge is 0.362 e. The lowest BCUT2D eigenvalue weighted by Gasteiger charge is -2.37. The van der Waals surface area contributed by atoms with Crippen LogP contribution in [0.4, 0.5) is 0 Å². The van der Waals surface area contributed by atoms with Crippen LogP contribution in [0.25, 0.3) is 11.1 Å². The maximum Gasteiger partial charge on any atom is 0.254 e. The summed E-state index contributed by atoms with van der Waals surface area (Å²) in [7, 11) is 0. The van der Waals surface area contributed by atoms with Gasteiger partial charge in [0.05, 0.1) is 6.61 Å². The van der Waals surface area contributed by atoms with E-state index in [1.54, 1.807) is 12.4 Å². The third-order valence-electron chi connectivity index (χ3n) is 4.39. The zero-order chi connectivity index (χ0) is 17.7. The summed E-state index contributed by atoms with van der Waals surface area (Å²) in [4.78, 5) is 17.0. The van der Waals surface area contributed by atoms with Crippen molar-refractivity contribution in [1.29, 1.82) is 0 Å². The van der Waals surface area contributed by atoms with Gasteiger partial charge in [0.1, 0.15) is 0 Å². The Morgan fingerprint density at radius 1 is 1.28 bits per heavy atom. The van der Waals surface area contributed by atoms with Crippen molar-refractivity contribution < 1.29 is 9.53 Å². The highest BCUT2D eigenvalue weighted by atomic mass is 16.5. The average Bonchev–Trinajstić information content (AvgIpc) is 2.63. The molecular weight excluding hydrogens is 314 g/mol. The maximum absolute atomic E-state index is 12.9. The molecule has 1 aromatic heterocycles.